The lowest BCUT2D eigenvalue weighted by molar-refractivity contribution is 0.102. The van der Waals surface area contributed by atoms with Crippen molar-refractivity contribution in [2.75, 3.05) is 11.6 Å². The minimum Gasteiger partial charge on any atom is -0.298 e. The number of hydrogen-bond acceptors (Lipinski definition) is 4. The molecule has 0 radical (unpaired) electrons. The van der Waals surface area contributed by atoms with Gasteiger partial charge in [-0.05, 0) is 42.5 Å². The Kier molecular flexibility index (Phi) is 5.33. The van der Waals surface area contributed by atoms with E-state index in [-0.39, 0.29) is 5.91 Å². The average Bonchev–Trinajstić information content (AvgIpc) is 3.10. The number of carbonyl (C=O) groups excluding carboxylic acids is 1. The third-order valence-electron chi connectivity index (χ3n) is 3.73. The summed E-state index contributed by atoms with van der Waals surface area (Å²) in [6, 6.07) is 15.9. The van der Waals surface area contributed by atoms with Crippen molar-refractivity contribution < 1.29 is 4.79 Å². The van der Waals surface area contributed by atoms with Crippen LogP contribution in [-0.4, -0.2) is 17.1 Å². The second kappa shape index (κ2) is 7.64. The molecule has 0 atom stereocenters. The van der Waals surface area contributed by atoms with Gasteiger partial charge in [0.05, 0.1) is 5.69 Å². The van der Waals surface area contributed by atoms with Crippen molar-refractivity contribution in [3.63, 3.8) is 0 Å². The topological polar surface area (TPSA) is 42.0 Å². The van der Waals surface area contributed by atoms with Crippen LogP contribution >= 0.6 is 23.1 Å². The van der Waals surface area contributed by atoms with E-state index < -0.39 is 0 Å². The molecule has 0 aliphatic carbocycles. The van der Waals surface area contributed by atoms with Gasteiger partial charge in [0.15, 0.2) is 5.13 Å². The molecule has 0 unspecified atom stereocenters. The molecule has 0 saturated heterocycles. The van der Waals surface area contributed by atoms with Crippen LogP contribution in [0.15, 0.2) is 58.8 Å². The van der Waals surface area contributed by atoms with Gasteiger partial charge in [-0.1, -0.05) is 31.2 Å². The van der Waals surface area contributed by atoms with Gasteiger partial charge in [-0.15, -0.1) is 23.1 Å². The lowest BCUT2D eigenvalue weighted by atomic mass is 10.1. The number of benzene rings is 2. The van der Waals surface area contributed by atoms with Crippen molar-refractivity contribution in [2.45, 2.75) is 18.2 Å². The molecule has 1 N–H and O–H groups in total. The molecule has 0 bridgehead atoms. The first-order chi connectivity index (χ1) is 11.7. The summed E-state index contributed by atoms with van der Waals surface area (Å²) in [4.78, 5) is 17.9. The van der Waals surface area contributed by atoms with Crippen LogP contribution in [0.2, 0.25) is 0 Å². The number of anilines is 1. The molecule has 24 heavy (non-hydrogen) atoms. The Morgan fingerprint density at radius 2 is 1.83 bits per heavy atom. The predicted octanol–water partition coefficient (Wildman–Crippen LogP) is 5.35. The summed E-state index contributed by atoms with van der Waals surface area (Å²) in [5, 5.41) is 5.45. The zero-order valence-electron chi connectivity index (χ0n) is 13.6. The Hall–Kier alpha value is -2.11. The monoisotopic (exact) mass is 354 g/mol. The van der Waals surface area contributed by atoms with Gasteiger partial charge in [0.25, 0.3) is 5.91 Å². The van der Waals surface area contributed by atoms with Gasteiger partial charge in [-0.25, -0.2) is 4.98 Å². The highest BCUT2D eigenvalue weighted by Crippen LogP contribution is 2.25. The Balaban J connectivity index is 1.71. The number of thiazole rings is 1. The maximum Gasteiger partial charge on any atom is 0.257 e. The first-order valence-corrected chi connectivity index (χ1v) is 9.80. The minimum absolute atomic E-state index is 0.134. The van der Waals surface area contributed by atoms with Crippen LogP contribution in [0.5, 0.6) is 0 Å². The van der Waals surface area contributed by atoms with Crippen LogP contribution in [0.1, 0.15) is 22.8 Å². The van der Waals surface area contributed by atoms with E-state index in [1.165, 1.54) is 16.9 Å². The number of aromatic nitrogens is 1. The predicted molar refractivity (Wildman–Crippen MR) is 103 cm³/mol. The largest absolute Gasteiger partial charge is 0.298 e. The first-order valence-electron chi connectivity index (χ1n) is 7.70. The zero-order valence-corrected chi connectivity index (χ0v) is 15.2. The number of thioether (sulfide) groups is 1. The van der Waals surface area contributed by atoms with E-state index in [1.807, 2.05) is 35.9 Å². The SMILES string of the molecule is CCc1ccc(-c2csc(NC(=O)c3ccc(SC)cc3)n2)cc1. The van der Waals surface area contributed by atoms with Crippen molar-refractivity contribution in [2.24, 2.45) is 0 Å². The van der Waals surface area contributed by atoms with Crippen molar-refractivity contribution >= 4 is 34.1 Å². The number of amides is 1. The normalized spacial score (nSPS) is 10.6. The van der Waals surface area contributed by atoms with E-state index in [1.54, 1.807) is 11.8 Å². The molecule has 1 amide bonds. The number of rotatable bonds is 5. The maximum atomic E-state index is 12.3. The van der Waals surface area contributed by atoms with E-state index >= 15 is 0 Å². The van der Waals surface area contributed by atoms with Crippen LogP contribution in [0.4, 0.5) is 5.13 Å². The summed E-state index contributed by atoms with van der Waals surface area (Å²) in [5.74, 6) is -0.134. The number of hydrogen-bond donors (Lipinski definition) is 1. The summed E-state index contributed by atoms with van der Waals surface area (Å²) in [5.41, 5.74) is 3.89. The van der Waals surface area contributed by atoms with Gasteiger partial charge >= 0.3 is 0 Å². The molecular weight excluding hydrogens is 336 g/mol. The number of nitrogens with one attached hydrogen (secondary N) is 1. The van der Waals surface area contributed by atoms with E-state index in [0.29, 0.717) is 10.7 Å². The van der Waals surface area contributed by atoms with Crippen LogP contribution in [0.25, 0.3) is 11.3 Å². The summed E-state index contributed by atoms with van der Waals surface area (Å²) in [7, 11) is 0. The number of aryl methyl sites for hydroxylation is 1. The van der Waals surface area contributed by atoms with E-state index in [2.05, 4.69) is 41.5 Å². The molecule has 3 nitrogen and oxygen atoms in total. The highest BCUT2D eigenvalue weighted by Gasteiger charge is 2.10. The molecule has 122 valence electrons. The minimum atomic E-state index is -0.134. The zero-order chi connectivity index (χ0) is 16.9. The van der Waals surface area contributed by atoms with Crippen LogP contribution in [0, 0.1) is 0 Å². The molecule has 3 aromatic rings. The molecule has 3 rings (SSSR count). The third-order valence-corrected chi connectivity index (χ3v) is 5.24. The molecule has 1 aromatic heterocycles. The third kappa shape index (κ3) is 3.86. The Morgan fingerprint density at radius 1 is 1.12 bits per heavy atom. The quantitative estimate of drug-likeness (QED) is 0.628. The van der Waals surface area contributed by atoms with E-state index in [9.17, 15) is 4.79 Å². The average molecular weight is 354 g/mol. The van der Waals surface area contributed by atoms with Crippen molar-refractivity contribution in [1.82, 2.24) is 4.98 Å². The standard InChI is InChI=1S/C19H18N2OS2/c1-3-13-4-6-14(7-5-13)17-12-24-19(20-17)21-18(22)15-8-10-16(23-2)11-9-15/h4-12H,3H2,1-2H3,(H,20,21,22). The molecular formula is C19H18N2OS2. The first kappa shape index (κ1) is 16.7. The highest BCUT2D eigenvalue weighted by molar-refractivity contribution is 7.98. The summed E-state index contributed by atoms with van der Waals surface area (Å²) in [6.07, 6.45) is 3.03. The van der Waals surface area contributed by atoms with Gasteiger partial charge in [0.1, 0.15) is 0 Å². The van der Waals surface area contributed by atoms with Gasteiger partial charge in [0.2, 0.25) is 0 Å². The molecule has 0 fully saturated rings. The van der Waals surface area contributed by atoms with Gasteiger partial charge in [-0.2, -0.15) is 0 Å². The number of nitrogens with zero attached hydrogens (tertiary/aromatic N) is 1. The van der Waals surface area contributed by atoms with Crippen molar-refractivity contribution in [3.05, 3.63) is 65.0 Å². The van der Waals surface area contributed by atoms with Gasteiger partial charge < -0.3 is 0 Å². The van der Waals surface area contributed by atoms with Crippen LogP contribution < -0.4 is 5.32 Å². The lowest BCUT2D eigenvalue weighted by Crippen LogP contribution is -2.11. The van der Waals surface area contributed by atoms with Crippen LogP contribution in [-0.2, 0) is 6.42 Å². The molecule has 2 aromatic carbocycles. The molecule has 0 aliphatic rings. The van der Waals surface area contributed by atoms with Crippen LogP contribution in [0.3, 0.4) is 0 Å². The summed E-state index contributed by atoms with van der Waals surface area (Å²) < 4.78 is 0. The van der Waals surface area contributed by atoms with E-state index in [4.69, 9.17) is 0 Å². The Morgan fingerprint density at radius 3 is 2.46 bits per heavy atom. The molecule has 0 spiro atoms. The smallest absolute Gasteiger partial charge is 0.257 e. The summed E-state index contributed by atoms with van der Waals surface area (Å²) in [6.45, 7) is 2.14. The van der Waals surface area contributed by atoms with E-state index in [0.717, 1.165) is 22.6 Å². The van der Waals surface area contributed by atoms with Gasteiger partial charge in [0, 0.05) is 21.4 Å². The molecule has 1 heterocycles. The summed E-state index contributed by atoms with van der Waals surface area (Å²) >= 11 is 3.09. The van der Waals surface area contributed by atoms with Gasteiger partial charge in [-0.3, -0.25) is 10.1 Å². The Labute approximate surface area is 150 Å². The van der Waals surface area contributed by atoms with Crippen molar-refractivity contribution in [3.8, 4) is 11.3 Å². The molecule has 0 saturated carbocycles. The highest BCUT2D eigenvalue weighted by atomic mass is 32.2. The molecule has 0 aliphatic heterocycles. The lowest BCUT2D eigenvalue weighted by Gasteiger charge is -2.03. The Bertz CT molecular complexity index is 823. The molecule has 5 heteroatoms. The number of carbonyl (C=O) groups is 1. The maximum absolute atomic E-state index is 12.3. The fraction of sp³-hybridized carbons (Fsp3) is 0.158. The fourth-order valence-corrected chi connectivity index (χ4v) is 3.41. The fourth-order valence-electron chi connectivity index (χ4n) is 2.29. The second-order valence-corrected chi connectivity index (χ2v) is 7.01. The second-order valence-electron chi connectivity index (χ2n) is 5.27. The van der Waals surface area contributed by atoms with Crippen molar-refractivity contribution in [1.29, 1.82) is 0 Å².